The van der Waals surface area contributed by atoms with E-state index in [1.165, 1.54) is 0 Å². The Morgan fingerprint density at radius 3 is 2.19 bits per heavy atom. The topological polar surface area (TPSA) is 46.4 Å². The van der Waals surface area contributed by atoms with Gasteiger partial charge in [-0.25, -0.2) is 9.97 Å². The van der Waals surface area contributed by atoms with Gasteiger partial charge in [0.2, 0.25) is 5.88 Å². The zero-order chi connectivity index (χ0) is 40.7. The first kappa shape index (κ1) is 21.3. The largest absolute Gasteiger partial charge is 0.439 e. The van der Waals surface area contributed by atoms with Gasteiger partial charge in [-0.05, 0) is 91.2 Å². The molecule has 0 saturated carbocycles. The maximum absolute atomic E-state index is 8.39. The van der Waals surface area contributed by atoms with Crippen molar-refractivity contribution in [2.45, 2.75) is 46.7 Å². The number of para-hydroxylation sites is 3. The minimum Gasteiger partial charge on any atom is -0.439 e. The molecule has 0 amide bonds. The summed E-state index contributed by atoms with van der Waals surface area (Å²) in [6, 6.07) is 31.2. The number of pyridine rings is 2. The van der Waals surface area contributed by atoms with Crippen molar-refractivity contribution < 1.29 is 17.1 Å². The lowest BCUT2D eigenvalue weighted by molar-refractivity contribution is 0.463. The number of fused-ring (bicyclic) bond motifs is 4. The van der Waals surface area contributed by atoms with E-state index in [2.05, 4.69) is 48.5 Å². The average Bonchev–Trinajstić information content (AvgIpc) is 3.69. The molecule has 0 saturated heterocycles. The van der Waals surface area contributed by atoms with Crippen LogP contribution in [0.4, 0.5) is 22.7 Å². The number of ether oxygens (including phenoxy) is 1. The number of aryl methyl sites for hydroxylation is 3. The fourth-order valence-corrected chi connectivity index (χ4v) is 6.56. The molecule has 6 nitrogen and oxygen atoms in total. The number of anilines is 4. The number of hydrogen-bond donors (Lipinski definition) is 0. The van der Waals surface area contributed by atoms with E-state index in [1.807, 2.05) is 59.6 Å². The molecule has 0 radical (unpaired) electrons. The summed E-state index contributed by atoms with van der Waals surface area (Å²) in [6.45, 7) is -1.84. The van der Waals surface area contributed by atoms with E-state index in [1.54, 1.807) is 35.4 Å². The van der Waals surface area contributed by atoms with Gasteiger partial charge in [-0.1, -0.05) is 68.8 Å². The van der Waals surface area contributed by atoms with Crippen molar-refractivity contribution in [3.8, 4) is 17.4 Å². The van der Waals surface area contributed by atoms with Crippen molar-refractivity contribution in [1.82, 2.24) is 14.5 Å². The Morgan fingerprint density at radius 1 is 0.688 bits per heavy atom. The molecule has 1 aliphatic rings. The highest BCUT2D eigenvalue weighted by molar-refractivity contribution is 6.09. The van der Waals surface area contributed by atoms with Gasteiger partial charge in [0, 0.05) is 59.0 Å². The van der Waals surface area contributed by atoms with Gasteiger partial charge in [0.05, 0.1) is 22.4 Å². The van der Waals surface area contributed by atoms with E-state index in [0.717, 1.165) is 45.3 Å². The molecule has 0 aliphatic carbocycles. The maximum Gasteiger partial charge on any atom is 0.221 e. The molecular weight excluding hydrogens is 590 g/mol. The maximum atomic E-state index is 8.39. The van der Waals surface area contributed by atoms with E-state index in [-0.39, 0.29) is 34.5 Å². The number of rotatable bonds is 5. The molecule has 0 bridgehead atoms. The Morgan fingerprint density at radius 2 is 1.42 bits per heavy atom. The molecule has 0 N–H and O–H groups in total. The standard InChI is InChI=1S/C42H39N5O/c1-27-21-28(2)41(29(3)22-27)46-26-45(36-13-9-10-14-37(36)46)31-18-20-44-40(24-31)48-32-15-16-34-33-11-7-8-12-35(33)47(38(34)25-32)39-23-30(17-19-43-39)42(4,5)6/h7-25H,26H2,1-6H3/i1D3,2D3,3D3. The van der Waals surface area contributed by atoms with Crippen molar-refractivity contribution in [2.24, 2.45) is 0 Å². The van der Waals surface area contributed by atoms with E-state index in [0.29, 0.717) is 28.7 Å². The molecule has 0 fully saturated rings. The van der Waals surface area contributed by atoms with Crippen LogP contribution in [-0.2, 0) is 5.41 Å². The molecule has 4 heterocycles. The highest BCUT2D eigenvalue weighted by Gasteiger charge is 2.30. The van der Waals surface area contributed by atoms with E-state index >= 15 is 0 Å². The van der Waals surface area contributed by atoms with Gasteiger partial charge >= 0.3 is 0 Å². The normalized spacial score (nSPS) is 16.6. The molecule has 0 atom stereocenters. The molecule has 8 rings (SSSR count). The van der Waals surface area contributed by atoms with Crippen molar-refractivity contribution >= 4 is 44.6 Å². The SMILES string of the molecule is [2H]C([2H])([2H])c1cc(C([2H])([2H])[2H])c(N2CN(c3ccnc(Oc4ccc5c6ccccc6n(-c6cc(C(C)(C)C)ccn6)c5c4)c3)c3ccccc32)c(C([2H])([2H])[2H])c1. The molecule has 1 aliphatic heterocycles. The van der Waals surface area contributed by atoms with Crippen LogP contribution in [0, 0.1) is 20.6 Å². The fourth-order valence-electron chi connectivity index (χ4n) is 6.56. The summed E-state index contributed by atoms with van der Waals surface area (Å²) >= 11 is 0. The van der Waals surface area contributed by atoms with Crippen LogP contribution in [0.25, 0.3) is 27.6 Å². The quantitative estimate of drug-likeness (QED) is 0.188. The zero-order valence-electron chi connectivity index (χ0n) is 35.8. The third-order valence-corrected chi connectivity index (χ3v) is 8.86. The van der Waals surface area contributed by atoms with E-state index in [9.17, 15) is 0 Å². The second-order valence-electron chi connectivity index (χ2n) is 13.0. The first-order chi connectivity index (χ1) is 26.8. The summed E-state index contributed by atoms with van der Waals surface area (Å²) in [5.74, 6) is 1.64. The van der Waals surface area contributed by atoms with E-state index in [4.69, 9.17) is 22.1 Å². The zero-order valence-corrected chi connectivity index (χ0v) is 26.8. The molecule has 6 heteroatoms. The Balaban J connectivity index is 1.19. The van der Waals surface area contributed by atoms with Crippen LogP contribution in [0.5, 0.6) is 11.6 Å². The monoisotopic (exact) mass is 638 g/mol. The lowest BCUT2D eigenvalue weighted by Crippen LogP contribution is -2.25. The summed E-state index contributed by atoms with van der Waals surface area (Å²) < 4.78 is 82.8. The minimum atomic E-state index is -2.82. The lowest BCUT2D eigenvalue weighted by Gasteiger charge is -2.25. The molecular formula is C42H39N5O. The second kappa shape index (κ2) is 11.3. The van der Waals surface area contributed by atoms with Crippen LogP contribution in [0.1, 0.15) is 55.4 Å². The Bertz CT molecular complexity index is 2640. The Labute approximate surface area is 294 Å². The molecule has 3 aromatic heterocycles. The molecule has 48 heavy (non-hydrogen) atoms. The average molecular weight is 639 g/mol. The number of hydrogen-bond acceptors (Lipinski definition) is 5. The minimum absolute atomic E-state index is 0.0226. The van der Waals surface area contributed by atoms with Crippen LogP contribution >= 0.6 is 0 Å². The predicted molar refractivity (Wildman–Crippen MR) is 198 cm³/mol. The van der Waals surface area contributed by atoms with Gasteiger partial charge in [0.15, 0.2) is 0 Å². The first-order valence-corrected chi connectivity index (χ1v) is 15.8. The second-order valence-corrected chi connectivity index (χ2v) is 13.0. The van der Waals surface area contributed by atoms with Crippen molar-refractivity contribution in [3.63, 3.8) is 0 Å². The van der Waals surface area contributed by atoms with Gasteiger partial charge in [0.1, 0.15) is 18.2 Å². The lowest BCUT2D eigenvalue weighted by atomic mass is 9.88. The van der Waals surface area contributed by atoms with Gasteiger partial charge in [-0.3, -0.25) is 4.57 Å². The molecule has 7 aromatic rings. The Hall–Kier alpha value is -5.62. The molecule has 4 aromatic carbocycles. The fraction of sp³-hybridized carbons (Fsp3) is 0.190. The van der Waals surface area contributed by atoms with Crippen molar-refractivity contribution in [3.05, 3.63) is 138 Å². The summed E-state index contributed by atoms with van der Waals surface area (Å²) in [6.07, 6.45) is 3.45. The predicted octanol–water partition coefficient (Wildman–Crippen LogP) is 10.8. The van der Waals surface area contributed by atoms with Crippen LogP contribution in [0.3, 0.4) is 0 Å². The number of aromatic nitrogens is 3. The first-order valence-electron chi connectivity index (χ1n) is 20.3. The number of nitrogens with zero attached hydrogens (tertiary/aromatic N) is 5. The van der Waals surface area contributed by atoms with Gasteiger partial charge < -0.3 is 14.5 Å². The molecule has 238 valence electrons. The third kappa shape index (κ3) is 5.05. The van der Waals surface area contributed by atoms with Gasteiger partial charge in [-0.15, -0.1) is 0 Å². The summed E-state index contributed by atoms with van der Waals surface area (Å²) in [5, 5.41) is 2.12. The number of benzene rings is 4. The highest BCUT2D eigenvalue weighted by atomic mass is 16.5. The van der Waals surface area contributed by atoms with Gasteiger partial charge in [-0.2, -0.15) is 0 Å². The third-order valence-electron chi connectivity index (χ3n) is 8.86. The Kier molecular flexibility index (Phi) is 5.00. The van der Waals surface area contributed by atoms with E-state index < -0.39 is 20.6 Å². The summed E-state index contributed by atoms with van der Waals surface area (Å²) in [4.78, 5) is 12.8. The van der Waals surface area contributed by atoms with Crippen LogP contribution < -0.4 is 14.5 Å². The smallest absolute Gasteiger partial charge is 0.221 e. The van der Waals surface area contributed by atoms with Crippen LogP contribution in [0.2, 0.25) is 0 Å². The molecule has 0 unspecified atom stereocenters. The van der Waals surface area contributed by atoms with Crippen molar-refractivity contribution in [2.75, 3.05) is 16.5 Å². The van der Waals surface area contributed by atoms with Crippen LogP contribution in [-0.4, -0.2) is 21.2 Å². The van der Waals surface area contributed by atoms with Crippen LogP contribution in [0.15, 0.2) is 116 Å². The van der Waals surface area contributed by atoms with Crippen molar-refractivity contribution in [1.29, 1.82) is 0 Å². The highest BCUT2D eigenvalue weighted by Crippen LogP contribution is 2.46. The summed E-state index contributed by atoms with van der Waals surface area (Å²) in [5.41, 5.74) is 3.75. The molecule has 0 spiro atoms. The summed E-state index contributed by atoms with van der Waals surface area (Å²) in [7, 11) is 0. The van der Waals surface area contributed by atoms with Gasteiger partial charge in [0.25, 0.3) is 0 Å².